The van der Waals surface area contributed by atoms with E-state index in [1.807, 2.05) is 4.90 Å². The number of hydrogen-bond donors (Lipinski definition) is 1. The molecular formula is C15H23NO4. The molecule has 2 aliphatic heterocycles. The maximum atomic E-state index is 12.6. The summed E-state index contributed by atoms with van der Waals surface area (Å²) in [6.45, 7) is 0.817. The lowest BCUT2D eigenvalue weighted by molar-refractivity contribution is -0.157. The van der Waals surface area contributed by atoms with Crippen LogP contribution < -0.4 is 0 Å². The number of rotatable bonds is 2. The summed E-state index contributed by atoms with van der Waals surface area (Å²) in [6.07, 6.45) is 6.80. The zero-order chi connectivity index (χ0) is 14.1. The quantitative estimate of drug-likeness (QED) is 0.838. The fourth-order valence-corrected chi connectivity index (χ4v) is 4.08. The number of amides is 1. The molecule has 1 aliphatic carbocycles. The summed E-state index contributed by atoms with van der Waals surface area (Å²) < 4.78 is 5.43. The second-order valence-electron chi connectivity index (χ2n) is 6.31. The van der Waals surface area contributed by atoms with Crippen molar-refractivity contribution < 1.29 is 19.4 Å². The van der Waals surface area contributed by atoms with Crippen molar-refractivity contribution in [3.8, 4) is 0 Å². The number of aliphatic carboxylic acids is 1. The van der Waals surface area contributed by atoms with Gasteiger partial charge in [0.15, 0.2) is 6.10 Å². The first-order valence-electron chi connectivity index (χ1n) is 7.85. The van der Waals surface area contributed by atoms with Gasteiger partial charge in [0.1, 0.15) is 6.10 Å². The zero-order valence-electron chi connectivity index (χ0n) is 11.8. The molecule has 3 rings (SSSR count). The number of carboxylic acid groups (broad SMARTS) is 1. The van der Waals surface area contributed by atoms with E-state index in [0.717, 1.165) is 19.4 Å². The highest BCUT2D eigenvalue weighted by atomic mass is 16.5. The molecule has 3 aliphatic rings. The Morgan fingerprint density at radius 3 is 2.40 bits per heavy atom. The highest BCUT2D eigenvalue weighted by molar-refractivity contribution is 5.83. The molecule has 2 heterocycles. The van der Waals surface area contributed by atoms with Gasteiger partial charge in [-0.15, -0.1) is 0 Å². The number of ether oxygens (including phenoxy) is 1. The standard InChI is InChI=1S/C15H23NO4/c17-14(12-7-8-13(20-12)15(18)19)16-9-3-5-10-4-1-2-6-11(10)16/h10-13H,1-9H2,(H,18,19)/t10-,11-,12?,13?/m1/s1. The van der Waals surface area contributed by atoms with E-state index in [1.165, 1.54) is 25.7 Å². The summed E-state index contributed by atoms with van der Waals surface area (Å²) in [5, 5.41) is 8.96. The maximum Gasteiger partial charge on any atom is 0.332 e. The van der Waals surface area contributed by atoms with E-state index in [-0.39, 0.29) is 5.91 Å². The molecule has 0 aromatic rings. The number of piperidine rings is 1. The Morgan fingerprint density at radius 2 is 1.65 bits per heavy atom. The van der Waals surface area contributed by atoms with Gasteiger partial charge in [0.2, 0.25) is 0 Å². The summed E-state index contributed by atoms with van der Waals surface area (Å²) in [7, 11) is 0. The SMILES string of the molecule is O=C(O)C1CCC(C(=O)N2CCC[C@H]3CCCC[C@H]32)O1. The predicted octanol–water partition coefficient (Wildman–Crippen LogP) is 1.80. The molecule has 5 nitrogen and oxygen atoms in total. The number of nitrogens with zero attached hydrogens (tertiary/aromatic N) is 1. The maximum absolute atomic E-state index is 12.6. The van der Waals surface area contributed by atoms with Crippen LogP contribution in [0.5, 0.6) is 0 Å². The molecule has 2 saturated heterocycles. The Balaban J connectivity index is 1.65. The molecular weight excluding hydrogens is 258 g/mol. The van der Waals surface area contributed by atoms with E-state index in [1.54, 1.807) is 0 Å². The van der Waals surface area contributed by atoms with Crippen LogP contribution >= 0.6 is 0 Å². The lowest BCUT2D eigenvalue weighted by atomic mass is 9.78. The van der Waals surface area contributed by atoms with Gasteiger partial charge in [-0.1, -0.05) is 12.8 Å². The highest BCUT2D eigenvalue weighted by Crippen LogP contribution is 2.36. The molecule has 0 bridgehead atoms. The van der Waals surface area contributed by atoms with Gasteiger partial charge in [-0.3, -0.25) is 4.79 Å². The Labute approximate surface area is 119 Å². The van der Waals surface area contributed by atoms with Crippen LogP contribution in [0.3, 0.4) is 0 Å². The van der Waals surface area contributed by atoms with Gasteiger partial charge >= 0.3 is 5.97 Å². The molecule has 0 radical (unpaired) electrons. The van der Waals surface area contributed by atoms with Crippen LogP contribution in [0.15, 0.2) is 0 Å². The molecule has 1 N–H and O–H groups in total. The number of carbonyl (C=O) groups excluding carboxylic acids is 1. The normalized spacial score (nSPS) is 37.5. The van der Waals surface area contributed by atoms with Crippen LogP contribution in [0.1, 0.15) is 51.4 Å². The largest absolute Gasteiger partial charge is 0.479 e. The van der Waals surface area contributed by atoms with Crippen molar-refractivity contribution in [2.75, 3.05) is 6.54 Å². The van der Waals surface area contributed by atoms with E-state index < -0.39 is 18.2 Å². The third kappa shape index (κ3) is 2.55. The monoisotopic (exact) mass is 281 g/mol. The molecule has 5 heteroatoms. The first kappa shape index (κ1) is 13.9. The second-order valence-corrected chi connectivity index (χ2v) is 6.31. The Hall–Kier alpha value is -1.10. The summed E-state index contributed by atoms with van der Waals surface area (Å²) in [6, 6.07) is 0.373. The van der Waals surface area contributed by atoms with Crippen molar-refractivity contribution in [1.29, 1.82) is 0 Å². The predicted molar refractivity (Wildman–Crippen MR) is 72.2 cm³/mol. The van der Waals surface area contributed by atoms with Crippen molar-refractivity contribution in [2.24, 2.45) is 5.92 Å². The van der Waals surface area contributed by atoms with Gasteiger partial charge < -0.3 is 14.7 Å². The summed E-state index contributed by atoms with van der Waals surface area (Å²) >= 11 is 0. The molecule has 0 aromatic carbocycles. The smallest absolute Gasteiger partial charge is 0.332 e. The average molecular weight is 281 g/mol. The molecule has 2 unspecified atom stereocenters. The fraction of sp³-hybridized carbons (Fsp3) is 0.867. The van der Waals surface area contributed by atoms with Crippen LogP contribution in [0.2, 0.25) is 0 Å². The van der Waals surface area contributed by atoms with E-state index in [2.05, 4.69) is 0 Å². The third-order valence-corrected chi connectivity index (χ3v) is 5.10. The minimum absolute atomic E-state index is 0.0327. The number of hydrogen-bond acceptors (Lipinski definition) is 3. The second kappa shape index (κ2) is 5.72. The van der Waals surface area contributed by atoms with Crippen molar-refractivity contribution in [1.82, 2.24) is 4.90 Å². The Morgan fingerprint density at radius 1 is 0.950 bits per heavy atom. The van der Waals surface area contributed by atoms with Crippen LogP contribution in [0.4, 0.5) is 0 Å². The average Bonchev–Trinajstić information content (AvgIpc) is 2.96. The van der Waals surface area contributed by atoms with Gasteiger partial charge in [-0.25, -0.2) is 4.79 Å². The van der Waals surface area contributed by atoms with Crippen LogP contribution in [0.25, 0.3) is 0 Å². The van der Waals surface area contributed by atoms with Crippen LogP contribution in [0, 0.1) is 5.92 Å². The Bertz CT molecular complexity index is 395. The molecule has 0 spiro atoms. The summed E-state index contributed by atoms with van der Waals surface area (Å²) in [5.41, 5.74) is 0. The van der Waals surface area contributed by atoms with E-state index in [4.69, 9.17) is 9.84 Å². The topological polar surface area (TPSA) is 66.8 Å². The summed E-state index contributed by atoms with van der Waals surface area (Å²) in [5.74, 6) is -0.266. The number of carbonyl (C=O) groups is 2. The first-order chi connectivity index (χ1) is 9.66. The van der Waals surface area contributed by atoms with Gasteiger partial charge in [-0.2, -0.15) is 0 Å². The van der Waals surface area contributed by atoms with E-state index in [9.17, 15) is 9.59 Å². The van der Waals surface area contributed by atoms with Crippen LogP contribution in [-0.2, 0) is 14.3 Å². The molecule has 4 atom stereocenters. The summed E-state index contributed by atoms with van der Waals surface area (Å²) in [4.78, 5) is 25.6. The first-order valence-corrected chi connectivity index (χ1v) is 7.85. The third-order valence-electron chi connectivity index (χ3n) is 5.10. The van der Waals surface area contributed by atoms with Gasteiger partial charge in [0, 0.05) is 12.6 Å². The molecule has 3 fully saturated rings. The van der Waals surface area contributed by atoms with Gasteiger partial charge in [0.25, 0.3) is 5.91 Å². The molecule has 1 amide bonds. The lowest BCUT2D eigenvalue weighted by Gasteiger charge is -2.44. The highest BCUT2D eigenvalue weighted by Gasteiger charge is 2.41. The lowest BCUT2D eigenvalue weighted by Crippen LogP contribution is -2.52. The fourth-order valence-electron chi connectivity index (χ4n) is 4.08. The van der Waals surface area contributed by atoms with Gasteiger partial charge in [-0.05, 0) is 44.4 Å². The zero-order valence-corrected chi connectivity index (χ0v) is 11.8. The Kier molecular flexibility index (Phi) is 3.96. The minimum atomic E-state index is -0.950. The molecule has 0 aromatic heterocycles. The van der Waals surface area contributed by atoms with Crippen molar-refractivity contribution in [3.05, 3.63) is 0 Å². The van der Waals surface area contributed by atoms with Gasteiger partial charge in [0.05, 0.1) is 0 Å². The van der Waals surface area contributed by atoms with E-state index >= 15 is 0 Å². The number of carboxylic acids is 1. The molecule has 112 valence electrons. The molecule has 20 heavy (non-hydrogen) atoms. The van der Waals surface area contributed by atoms with Crippen molar-refractivity contribution >= 4 is 11.9 Å². The number of likely N-dealkylation sites (tertiary alicyclic amines) is 1. The van der Waals surface area contributed by atoms with Crippen molar-refractivity contribution in [3.63, 3.8) is 0 Å². The van der Waals surface area contributed by atoms with E-state index in [0.29, 0.717) is 24.8 Å². The van der Waals surface area contributed by atoms with Crippen molar-refractivity contribution in [2.45, 2.75) is 69.6 Å². The molecule has 1 saturated carbocycles. The van der Waals surface area contributed by atoms with Crippen LogP contribution in [-0.4, -0.2) is 46.7 Å². The minimum Gasteiger partial charge on any atom is -0.479 e. The number of fused-ring (bicyclic) bond motifs is 1.